The largest absolute Gasteiger partial charge is 0.486 e. The molecule has 0 amide bonds. The molecular formula is C22H32N4O2. The molecule has 2 aromatic rings. The van der Waals surface area contributed by atoms with E-state index in [2.05, 4.69) is 80.1 Å². The van der Waals surface area contributed by atoms with Crippen molar-refractivity contribution in [1.82, 2.24) is 14.8 Å². The maximum absolute atomic E-state index is 5.75. The van der Waals surface area contributed by atoms with E-state index in [4.69, 9.17) is 14.5 Å². The molecule has 1 N–H and O–H groups in total. The highest BCUT2D eigenvalue weighted by Crippen LogP contribution is 2.35. The Hall–Kier alpha value is -2.63. The van der Waals surface area contributed by atoms with Crippen molar-refractivity contribution in [2.75, 3.05) is 33.4 Å². The van der Waals surface area contributed by atoms with E-state index in [-0.39, 0.29) is 5.41 Å². The van der Waals surface area contributed by atoms with Crippen molar-refractivity contribution in [2.24, 2.45) is 12.0 Å². The summed E-state index contributed by atoms with van der Waals surface area (Å²) in [7, 11) is 4.14. The molecule has 6 nitrogen and oxygen atoms in total. The summed E-state index contributed by atoms with van der Waals surface area (Å²) in [5.41, 5.74) is 2.32. The van der Waals surface area contributed by atoms with E-state index in [1.165, 1.54) is 11.3 Å². The summed E-state index contributed by atoms with van der Waals surface area (Å²) in [5, 5.41) is 3.41. The Kier molecular flexibility index (Phi) is 6.17. The van der Waals surface area contributed by atoms with Crippen molar-refractivity contribution >= 4 is 5.96 Å². The number of hydrogen-bond acceptors (Lipinski definition) is 3. The average Bonchev–Trinajstić information content (AvgIpc) is 3.09. The molecule has 0 atom stereocenters. The van der Waals surface area contributed by atoms with Crippen molar-refractivity contribution in [2.45, 2.75) is 32.7 Å². The third-order valence-corrected chi connectivity index (χ3v) is 5.09. The Morgan fingerprint density at radius 3 is 2.64 bits per heavy atom. The lowest BCUT2D eigenvalue weighted by molar-refractivity contribution is 0.171. The molecule has 0 saturated carbocycles. The van der Waals surface area contributed by atoms with Crippen LogP contribution in [0.2, 0.25) is 0 Å². The second-order valence-electron chi connectivity index (χ2n) is 7.88. The van der Waals surface area contributed by atoms with Crippen LogP contribution in [-0.4, -0.2) is 48.8 Å². The number of rotatable bonds is 6. The number of aliphatic imine (C=N–C) groups is 1. The second-order valence-corrected chi connectivity index (χ2v) is 7.88. The average molecular weight is 385 g/mol. The minimum atomic E-state index is -0.123. The van der Waals surface area contributed by atoms with Crippen LogP contribution in [0.4, 0.5) is 0 Å². The lowest BCUT2D eigenvalue weighted by Gasteiger charge is -2.28. The molecule has 1 aliphatic rings. The van der Waals surface area contributed by atoms with Gasteiger partial charge in [0.05, 0.1) is 13.1 Å². The standard InChI is InChI=1S/C22H32N4O2/c1-6-23-21(26(5)15-18-8-7-11-25(18)4)24-16-22(2,3)17-9-10-19-20(14-17)28-13-12-27-19/h7-11,14H,6,12-13,15-16H2,1-5H3,(H,23,24). The van der Waals surface area contributed by atoms with Gasteiger partial charge >= 0.3 is 0 Å². The smallest absolute Gasteiger partial charge is 0.194 e. The Morgan fingerprint density at radius 2 is 1.96 bits per heavy atom. The number of nitrogens with zero attached hydrogens (tertiary/aromatic N) is 3. The minimum absolute atomic E-state index is 0.123. The van der Waals surface area contributed by atoms with Gasteiger partial charge in [0, 0.05) is 37.9 Å². The molecule has 152 valence electrons. The summed E-state index contributed by atoms with van der Waals surface area (Å²) in [6, 6.07) is 10.4. The molecule has 1 aromatic carbocycles. The summed E-state index contributed by atoms with van der Waals surface area (Å²) in [5.74, 6) is 2.56. The van der Waals surface area contributed by atoms with Crippen LogP contribution >= 0.6 is 0 Å². The topological polar surface area (TPSA) is 51.0 Å². The summed E-state index contributed by atoms with van der Waals surface area (Å²) >= 11 is 0. The second kappa shape index (κ2) is 8.59. The van der Waals surface area contributed by atoms with Crippen LogP contribution in [0.5, 0.6) is 11.5 Å². The van der Waals surface area contributed by atoms with E-state index in [1.807, 2.05) is 6.07 Å². The monoisotopic (exact) mass is 384 g/mol. The predicted molar refractivity (Wildman–Crippen MR) is 113 cm³/mol. The van der Waals surface area contributed by atoms with Gasteiger partial charge in [-0.1, -0.05) is 19.9 Å². The normalized spacial score (nSPS) is 14.1. The molecule has 1 aromatic heterocycles. The van der Waals surface area contributed by atoms with E-state index in [9.17, 15) is 0 Å². The Labute approximate surface area is 168 Å². The van der Waals surface area contributed by atoms with Crippen LogP contribution in [0.3, 0.4) is 0 Å². The Bertz CT molecular complexity index is 826. The minimum Gasteiger partial charge on any atom is -0.486 e. The predicted octanol–water partition coefficient (Wildman–Crippen LogP) is 3.17. The van der Waals surface area contributed by atoms with Gasteiger partial charge in [-0.15, -0.1) is 0 Å². The molecule has 0 aliphatic carbocycles. The highest BCUT2D eigenvalue weighted by atomic mass is 16.6. The van der Waals surface area contributed by atoms with Gasteiger partial charge in [-0.2, -0.15) is 0 Å². The van der Waals surface area contributed by atoms with Gasteiger partial charge < -0.3 is 24.3 Å². The van der Waals surface area contributed by atoms with Gasteiger partial charge in [0.2, 0.25) is 0 Å². The number of aromatic nitrogens is 1. The van der Waals surface area contributed by atoms with Crippen LogP contribution in [0, 0.1) is 0 Å². The highest BCUT2D eigenvalue weighted by Gasteiger charge is 2.24. The van der Waals surface area contributed by atoms with Gasteiger partial charge in [-0.25, -0.2) is 0 Å². The molecular weight excluding hydrogens is 352 g/mol. The van der Waals surface area contributed by atoms with E-state index in [1.54, 1.807) is 0 Å². The number of ether oxygens (including phenoxy) is 2. The molecule has 0 unspecified atom stereocenters. The molecule has 6 heteroatoms. The third-order valence-electron chi connectivity index (χ3n) is 5.09. The summed E-state index contributed by atoms with van der Waals surface area (Å²) in [6.45, 7) is 10.0. The van der Waals surface area contributed by atoms with Crippen LogP contribution in [0.15, 0.2) is 41.5 Å². The first kappa shape index (κ1) is 20.1. The maximum Gasteiger partial charge on any atom is 0.194 e. The van der Waals surface area contributed by atoms with Gasteiger partial charge in [-0.05, 0) is 36.8 Å². The zero-order valence-electron chi connectivity index (χ0n) is 17.7. The van der Waals surface area contributed by atoms with Gasteiger partial charge in [0.15, 0.2) is 17.5 Å². The van der Waals surface area contributed by atoms with Crippen molar-refractivity contribution in [1.29, 1.82) is 0 Å². The van der Waals surface area contributed by atoms with Crippen LogP contribution < -0.4 is 14.8 Å². The Balaban J connectivity index is 1.74. The zero-order chi connectivity index (χ0) is 20.1. The SMILES string of the molecule is CCNC(=NCC(C)(C)c1ccc2c(c1)OCCO2)N(C)Cc1cccn1C. The maximum atomic E-state index is 5.75. The van der Waals surface area contributed by atoms with E-state index >= 15 is 0 Å². The summed E-state index contributed by atoms with van der Waals surface area (Å²) in [4.78, 5) is 7.10. The Morgan fingerprint density at radius 1 is 1.21 bits per heavy atom. The van der Waals surface area contributed by atoms with Crippen LogP contribution in [0.1, 0.15) is 32.0 Å². The zero-order valence-corrected chi connectivity index (χ0v) is 17.7. The van der Waals surface area contributed by atoms with Crippen molar-refractivity contribution in [3.63, 3.8) is 0 Å². The molecule has 0 saturated heterocycles. The summed E-state index contributed by atoms with van der Waals surface area (Å²) in [6.07, 6.45) is 2.07. The first-order chi connectivity index (χ1) is 13.4. The third kappa shape index (κ3) is 4.61. The van der Waals surface area contributed by atoms with Crippen LogP contribution in [-0.2, 0) is 19.0 Å². The van der Waals surface area contributed by atoms with Gasteiger partial charge in [-0.3, -0.25) is 4.99 Å². The van der Waals surface area contributed by atoms with E-state index in [0.29, 0.717) is 19.8 Å². The quantitative estimate of drug-likeness (QED) is 0.614. The number of hydrogen-bond donors (Lipinski definition) is 1. The molecule has 0 fully saturated rings. The van der Waals surface area contributed by atoms with Crippen molar-refractivity contribution in [3.05, 3.63) is 47.8 Å². The number of nitrogens with one attached hydrogen (secondary N) is 1. The van der Waals surface area contributed by atoms with Crippen molar-refractivity contribution in [3.8, 4) is 11.5 Å². The van der Waals surface area contributed by atoms with E-state index < -0.39 is 0 Å². The van der Waals surface area contributed by atoms with Crippen LogP contribution in [0.25, 0.3) is 0 Å². The van der Waals surface area contributed by atoms with Gasteiger partial charge in [0.25, 0.3) is 0 Å². The first-order valence-electron chi connectivity index (χ1n) is 9.90. The molecule has 0 radical (unpaired) electrons. The van der Waals surface area contributed by atoms with Gasteiger partial charge in [0.1, 0.15) is 13.2 Å². The fourth-order valence-electron chi connectivity index (χ4n) is 3.28. The molecule has 0 spiro atoms. The molecule has 0 bridgehead atoms. The highest BCUT2D eigenvalue weighted by molar-refractivity contribution is 5.79. The lowest BCUT2D eigenvalue weighted by atomic mass is 9.84. The molecule has 28 heavy (non-hydrogen) atoms. The fraction of sp³-hybridized carbons (Fsp3) is 0.500. The van der Waals surface area contributed by atoms with E-state index in [0.717, 1.165) is 30.5 Å². The molecule has 1 aliphatic heterocycles. The molecule has 2 heterocycles. The molecule has 3 rings (SSSR count). The fourth-order valence-corrected chi connectivity index (χ4v) is 3.28. The summed E-state index contributed by atoms with van der Waals surface area (Å²) < 4.78 is 13.5. The number of fused-ring (bicyclic) bond motifs is 1. The number of aryl methyl sites for hydroxylation is 1. The number of guanidine groups is 1. The van der Waals surface area contributed by atoms with Crippen molar-refractivity contribution < 1.29 is 9.47 Å². The number of benzene rings is 1. The first-order valence-corrected chi connectivity index (χ1v) is 9.90. The lowest BCUT2D eigenvalue weighted by Crippen LogP contribution is -2.39.